The van der Waals surface area contributed by atoms with Gasteiger partial charge in [0.2, 0.25) is 0 Å². The van der Waals surface area contributed by atoms with E-state index in [0.717, 1.165) is 0 Å². The summed E-state index contributed by atoms with van der Waals surface area (Å²) in [6.07, 6.45) is 0. The van der Waals surface area contributed by atoms with E-state index in [4.69, 9.17) is 58.0 Å². The lowest BCUT2D eigenvalue weighted by Gasteiger charge is -2.16. The lowest BCUT2D eigenvalue weighted by atomic mass is 10.4. The summed E-state index contributed by atoms with van der Waals surface area (Å²) in [6.45, 7) is 1.73. The molecule has 0 aliphatic carbocycles. The first-order valence-electron chi connectivity index (χ1n) is 3.10. The molecule has 0 fully saturated rings. The van der Waals surface area contributed by atoms with E-state index < -0.39 is 10.3 Å². The van der Waals surface area contributed by atoms with E-state index >= 15 is 0 Å². The predicted octanol–water partition coefficient (Wildman–Crippen LogP) is 3.61. The van der Waals surface area contributed by atoms with Crippen LogP contribution < -0.4 is 0 Å². The minimum atomic E-state index is -2.05. The largest absolute Gasteiger partial charge is 0.463 e. The van der Waals surface area contributed by atoms with Gasteiger partial charge in [-0.1, -0.05) is 58.0 Å². The molecule has 76 valence electrons. The van der Waals surface area contributed by atoms with Gasteiger partial charge in [-0.15, -0.1) is 0 Å². The van der Waals surface area contributed by atoms with Crippen molar-refractivity contribution in [3.8, 4) is 0 Å². The first-order valence-corrected chi connectivity index (χ1v) is 4.99. The zero-order chi connectivity index (χ0) is 10.6. The highest BCUT2D eigenvalue weighted by Crippen LogP contribution is 2.38. The number of carbonyl (C=O) groups excluding carboxylic acids is 1. The third-order valence-electron chi connectivity index (χ3n) is 0.973. The highest BCUT2D eigenvalue weighted by atomic mass is 35.5. The van der Waals surface area contributed by atoms with Crippen molar-refractivity contribution in [3.05, 3.63) is 9.52 Å². The number of rotatable bonds is 3. The number of hydrogen-bond donors (Lipinski definition) is 0. The number of alkyl halides is 2. The van der Waals surface area contributed by atoms with E-state index in [-0.39, 0.29) is 16.1 Å². The van der Waals surface area contributed by atoms with Crippen LogP contribution in [0.25, 0.3) is 0 Å². The lowest BCUT2D eigenvalue weighted by Crippen LogP contribution is -2.29. The molecule has 0 heterocycles. The average molecular weight is 286 g/mol. The fraction of sp³-hybridized carbons (Fsp3) is 0.500. The van der Waals surface area contributed by atoms with Gasteiger partial charge < -0.3 is 4.74 Å². The summed E-state index contributed by atoms with van der Waals surface area (Å²) in [5.74, 6) is -0.915. The molecule has 0 aromatic rings. The number of carbonyl (C=O) groups is 1. The predicted molar refractivity (Wildman–Crippen MR) is 55.7 cm³/mol. The summed E-state index contributed by atoms with van der Waals surface area (Å²) >= 11 is 27.2. The maximum absolute atomic E-state index is 11.1. The number of hydrogen-bond acceptors (Lipinski definition) is 2. The van der Waals surface area contributed by atoms with Gasteiger partial charge in [0.1, 0.15) is 4.49 Å². The second-order valence-corrected chi connectivity index (χ2v) is 4.52. The maximum atomic E-state index is 11.1. The summed E-state index contributed by atoms with van der Waals surface area (Å²) < 4.78 is 2.12. The zero-order valence-electron chi connectivity index (χ0n) is 6.41. The van der Waals surface area contributed by atoms with Crippen molar-refractivity contribution in [2.45, 2.75) is 11.3 Å². The van der Waals surface area contributed by atoms with Crippen molar-refractivity contribution in [3.63, 3.8) is 0 Å². The molecule has 0 aromatic carbocycles. The molecule has 0 aliphatic rings. The lowest BCUT2D eigenvalue weighted by molar-refractivity contribution is -0.142. The first-order chi connectivity index (χ1) is 5.84. The van der Waals surface area contributed by atoms with Gasteiger partial charge in [-0.25, -0.2) is 4.79 Å². The maximum Gasteiger partial charge on any atom is 0.348 e. The van der Waals surface area contributed by atoms with Crippen LogP contribution in [0.1, 0.15) is 6.92 Å². The van der Waals surface area contributed by atoms with Crippen LogP contribution in [0.2, 0.25) is 0 Å². The van der Waals surface area contributed by atoms with E-state index in [1.807, 2.05) is 0 Å². The number of esters is 1. The van der Waals surface area contributed by atoms with Gasteiger partial charge in [0, 0.05) is 0 Å². The molecule has 2 nitrogen and oxygen atoms in total. The number of halogens is 5. The molecule has 0 aliphatic heterocycles. The SMILES string of the molecule is CCOC(=O)C(Cl)(Cl)C(Cl)=C(Cl)Cl. The molecule has 0 atom stereocenters. The Morgan fingerprint density at radius 2 is 1.77 bits per heavy atom. The molecule has 7 heteroatoms. The highest BCUT2D eigenvalue weighted by Gasteiger charge is 2.40. The van der Waals surface area contributed by atoms with Gasteiger partial charge in [0.15, 0.2) is 0 Å². The van der Waals surface area contributed by atoms with Crippen molar-refractivity contribution in [1.29, 1.82) is 0 Å². The topological polar surface area (TPSA) is 26.3 Å². The molecule has 0 saturated heterocycles. The van der Waals surface area contributed by atoms with E-state index in [1.54, 1.807) is 6.92 Å². The van der Waals surface area contributed by atoms with E-state index in [0.29, 0.717) is 0 Å². The number of ether oxygens (including phenoxy) is 1. The molecular formula is C6H5Cl5O2. The van der Waals surface area contributed by atoms with Gasteiger partial charge in [-0.3, -0.25) is 0 Å². The van der Waals surface area contributed by atoms with E-state index in [1.165, 1.54) is 0 Å². The quantitative estimate of drug-likeness (QED) is 0.585. The van der Waals surface area contributed by atoms with Crippen molar-refractivity contribution < 1.29 is 9.53 Å². The molecule has 0 radical (unpaired) electrons. The smallest absolute Gasteiger partial charge is 0.348 e. The van der Waals surface area contributed by atoms with E-state index in [2.05, 4.69) is 4.74 Å². The van der Waals surface area contributed by atoms with Gasteiger partial charge in [-0.2, -0.15) is 0 Å². The van der Waals surface area contributed by atoms with Crippen LogP contribution in [0.3, 0.4) is 0 Å². The third kappa shape index (κ3) is 3.72. The van der Waals surface area contributed by atoms with E-state index in [9.17, 15) is 4.79 Å². The van der Waals surface area contributed by atoms with Crippen LogP contribution in [0.15, 0.2) is 9.52 Å². The third-order valence-corrected chi connectivity index (χ3v) is 2.90. The Labute approximate surface area is 101 Å². The summed E-state index contributed by atoms with van der Waals surface area (Å²) in [5, 5.41) is -0.377. The molecule has 13 heavy (non-hydrogen) atoms. The van der Waals surface area contributed by atoms with Gasteiger partial charge in [0.25, 0.3) is 4.33 Å². The Hall–Kier alpha value is 0.660. The Kier molecular flexibility index (Phi) is 5.80. The molecule has 0 saturated carbocycles. The molecule has 0 N–H and O–H groups in total. The molecule has 0 amide bonds. The fourth-order valence-corrected chi connectivity index (χ4v) is 1.28. The Balaban J connectivity index is 4.76. The second-order valence-electron chi connectivity index (χ2n) is 1.87. The Bertz CT molecular complexity index is 231. The normalized spacial score (nSPS) is 10.9. The van der Waals surface area contributed by atoms with Crippen molar-refractivity contribution in [1.82, 2.24) is 0 Å². The minimum absolute atomic E-state index is 0.129. The summed E-state index contributed by atoms with van der Waals surface area (Å²) in [6, 6.07) is 0. The Morgan fingerprint density at radius 3 is 2.08 bits per heavy atom. The summed E-state index contributed by atoms with van der Waals surface area (Å²) in [5.41, 5.74) is 0. The van der Waals surface area contributed by atoms with Crippen molar-refractivity contribution in [2.24, 2.45) is 0 Å². The second kappa shape index (κ2) is 5.52. The van der Waals surface area contributed by atoms with Gasteiger partial charge in [-0.05, 0) is 6.92 Å². The van der Waals surface area contributed by atoms with Crippen LogP contribution in [0.4, 0.5) is 0 Å². The standard InChI is InChI=1S/C6H5Cl5O2/c1-2-13-5(12)6(10,11)3(7)4(8)9/h2H2,1H3. The first kappa shape index (κ1) is 13.7. The zero-order valence-corrected chi connectivity index (χ0v) is 10.2. The fourth-order valence-electron chi connectivity index (χ4n) is 0.430. The molecule has 0 rings (SSSR count). The van der Waals surface area contributed by atoms with Gasteiger partial charge in [0.05, 0.1) is 11.6 Å². The van der Waals surface area contributed by atoms with Crippen LogP contribution in [0.5, 0.6) is 0 Å². The molecular weight excluding hydrogens is 281 g/mol. The average Bonchev–Trinajstić information content (AvgIpc) is 2.03. The molecule has 0 spiro atoms. The van der Waals surface area contributed by atoms with Gasteiger partial charge >= 0.3 is 5.97 Å². The van der Waals surface area contributed by atoms with Crippen molar-refractivity contribution >= 4 is 64.0 Å². The monoisotopic (exact) mass is 284 g/mol. The molecule has 0 unspecified atom stereocenters. The van der Waals surface area contributed by atoms with Crippen LogP contribution in [-0.2, 0) is 9.53 Å². The minimum Gasteiger partial charge on any atom is -0.463 e. The summed E-state index contributed by atoms with van der Waals surface area (Å²) in [4.78, 5) is 11.1. The Morgan fingerprint density at radius 1 is 1.31 bits per heavy atom. The summed E-state index contributed by atoms with van der Waals surface area (Å²) in [7, 11) is 0. The molecule has 0 aromatic heterocycles. The van der Waals surface area contributed by atoms with Crippen LogP contribution in [0, 0.1) is 0 Å². The highest BCUT2D eigenvalue weighted by molar-refractivity contribution is 6.68. The van der Waals surface area contributed by atoms with Crippen LogP contribution >= 0.6 is 58.0 Å². The van der Waals surface area contributed by atoms with Crippen LogP contribution in [-0.4, -0.2) is 16.9 Å². The van der Waals surface area contributed by atoms with Crippen molar-refractivity contribution in [2.75, 3.05) is 6.61 Å². The molecule has 0 bridgehead atoms.